The first-order valence-corrected chi connectivity index (χ1v) is 7.61. The van der Waals surface area contributed by atoms with E-state index in [4.69, 9.17) is 0 Å². The molecule has 0 fully saturated rings. The standard InChI is InChI=1S/C18H18N4O2/c1-13-14(2)22(12-19-13)16-8-6-15(7-9-16)20-17(23)11-21-10-4-3-5-18(21)24/h3-10,12H,11H2,1-2H3,(H,20,23). The number of anilines is 1. The van der Waals surface area contributed by atoms with Crippen molar-refractivity contribution in [2.24, 2.45) is 0 Å². The molecule has 0 radical (unpaired) electrons. The average Bonchev–Trinajstić information content (AvgIpc) is 2.90. The van der Waals surface area contributed by atoms with Gasteiger partial charge < -0.3 is 14.5 Å². The van der Waals surface area contributed by atoms with Gasteiger partial charge in [-0.1, -0.05) is 6.07 Å². The highest BCUT2D eigenvalue weighted by molar-refractivity contribution is 5.90. The van der Waals surface area contributed by atoms with Gasteiger partial charge in [-0.05, 0) is 44.2 Å². The number of aromatic nitrogens is 3. The monoisotopic (exact) mass is 322 g/mol. The second-order valence-electron chi connectivity index (χ2n) is 5.55. The minimum Gasteiger partial charge on any atom is -0.325 e. The van der Waals surface area contributed by atoms with Crippen LogP contribution in [0, 0.1) is 13.8 Å². The van der Waals surface area contributed by atoms with Gasteiger partial charge in [0.25, 0.3) is 5.56 Å². The van der Waals surface area contributed by atoms with Crippen LogP contribution in [0.1, 0.15) is 11.4 Å². The Morgan fingerprint density at radius 3 is 2.50 bits per heavy atom. The van der Waals surface area contributed by atoms with E-state index in [1.165, 1.54) is 10.6 Å². The van der Waals surface area contributed by atoms with Gasteiger partial charge in [0.1, 0.15) is 6.54 Å². The Labute approximate surface area is 139 Å². The molecular formula is C18H18N4O2. The van der Waals surface area contributed by atoms with Crippen molar-refractivity contribution in [2.75, 3.05) is 5.32 Å². The topological polar surface area (TPSA) is 68.9 Å². The van der Waals surface area contributed by atoms with Crippen molar-refractivity contribution in [3.8, 4) is 5.69 Å². The summed E-state index contributed by atoms with van der Waals surface area (Å²) < 4.78 is 3.35. The van der Waals surface area contributed by atoms with Gasteiger partial charge in [0.05, 0.1) is 12.0 Å². The number of carbonyl (C=O) groups is 1. The van der Waals surface area contributed by atoms with Crippen molar-refractivity contribution >= 4 is 11.6 Å². The number of imidazole rings is 1. The highest BCUT2D eigenvalue weighted by atomic mass is 16.2. The third kappa shape index (κ3) is 3.27. The molecule has 6 nitrogen and oxygen atoms in total. The first-order valence-electron chi connectivity index (χ1n) is 7.61. The number of benzene rings is 1. The van der Waals surface area contributed by atoms with E-state index in [0.29, 0.717) is 5.69 Å². The summed E-state index contributed by atoms with van der Waals surface area (Å²) in [7, 11) is 0. The molecule has 0 spiro atoms. The largest absolute Gasteiger partial charge is 0.325 e. The Morgan fingerprint density at radius 2 is 1.88 bits per heavy atom. The van der Waals surface area contributed by atoms with Crippen LogP contribution in [0.4, 0.5) is 5.69 Å². The summed E-state index contributed by atoms with van der Waals surface area (Å²) in [6, 6.07) is 12.3. The number of aryl methyl sites for hydroxylation is 1. The molecule has 0 aliphatic rings. The summed E-state index contributed by atoms with van der Waals surface area (Å²) >= 11 is 0. The van der Waals surface area contributed by atoms with Gasteiger partial charge in [-0.25, -0.2) is 4.98 Å². The number of rotatable bonds is 4. The lowest BCUT2D eigenvalue weighted by Crippen LogP contribution is -2.26. The van der Waals surface area contributed by atoms with Gasteiger partial charge in [0, 0.05) is 29.3 Å². The molecule has 1 amide bonds. The zero-order chi connectivity index (χ0) is 17.1. The van der Waals surface area contributed by atoms with E-state index in [0.717, 1.165) is 17.1 Å². The van der Waals surface area contributed by atoms with Gasteiger partial charge in [0.15, 0.2) is 0 Å². The summed E-state index contributed by atoms with van der Waals surface area (Å²) in [6.07, 6.45) is 3.37. The zero-order valence-electron chi connectivity index (χ0n) is 13.6. The molecule has 3 rings (SSSR count). The van der Waals surface area contributed by atoms with Crippen LogP contribution < -0.4 is 10.9 Å². The number of hydrogen-bond acceptors (Lipinski definition) is 3. The van der Waals surface area contributed by atoms with Crippen molar-refractivity contribution < 1.29 is 4.79 Å². The SMILES string of the molecule is Cc1ncn(-c2ccc(NC(=O)Cn3ccccc3=O)cc2)c1C. The maximum absolute atomic E-state index is 12.1. The Hall–Kier alpha value is -3.15. The van der Waals surface area contributed by atoms with Crippen LogP contribution >= 0.6 is 0 Å². The molecule has 24 heavy (non-hydrogen) atoms. The van der Waals surface area contributed by atoms with Crippen molar-refractivity contribution in [1.29, 1.82) is 0 Å². The molecule has 0 saturated heterocycles. The average molecular weight is 322 g/mol. The van der Waals surface area contributed by atoms with Crippen molar-refractivity contribution in [2.45, 2.75) is 20.4 Å². The van der Waals surface area contributed by atoms with Crippen molar-refractivity contribution in [1.82, 2.24) is 14.1 Å². The van der Waals surface area contributed by atoms with Crippen LogP contribution in [0.25, 0.3) is 5.69 Å². The molecule has 0 aliphatic carbocycles. The van der Waals surface area contributed by atoms with E-state index in [1.54, 1.807) is 24.7 Å². The predicted molar refractivity (Wildman–Crippen MR) is 92.4 cm³/mol. The Balaban J connectivity index is 1.70. The fourth-order valence-electron chi connectivity index (χ4n) is 2.41. The summed E-state index contributed by atoms with van der Waals surface area (Å²) in [5.74, 6) is -0.245. The highest BCUT2D eigenvalue weighted by Gasteiger charge is 2.07. The molecule has 2 aromatic heterocycles. The van der Waals surface area contributed by atoms with Crippen LogP contribution in [0.15, 0.2) is 59.8 Å². The third-order valence-corrected chi connectivity index (χ3v) is 3.89. The quantitative estimate of drug-likeness (QED) is 0.801. The Bertz CT molecular complexity index is 923. The van der Waals surface area contributed by atoms with Crippen LogP contribution in [0.5, 0.6) is 0 Å². The van der Waals surface area contributed by atoms with Gasteiger partial charge in [-0.15, -0.1) is 0 Å². The lowest BCUT2D eigenvalue weighted by atomic mass is 10.2. The van der Waals surface area contributed by atoms with Crippen molar-refractivity contribution in [3.63, 3.8) is 0 Å². The molecule has 0 atom stereocenters. The smallest absolute Gasteiger partial charge is 0.250 e. The second kappa shape index (κ2) is 6.54. The fourth-order valence-corrected chi connectivity index (χ4v) is 2.41. The minimum atomic E-state index is -0.245. The second-order valence-corrected chi connectivity index (χ2v) is 5.55. The summed E-state index contributed by atoms with van der Waals surface area (Å²) in [6.45, 7) is 3.96. The lowest BCUT2D eigenvalue weighted by Gasteiger charge is -2.09. The van der Waals surface area contributed by atoms with E-state index in [2.05, 4.69) is 10.3 Å². The van der Waals surface area contributed by atoms with E-state index in [-0.39, 0.29) is 18.0 Å². The summed E-state index contributed by atoms with van der Waals surface area (Å²) in [4.78, 5) is 28.0. The first-order chi connectivity index (χ1) is 11.5. The molecule has 0 unspecified atom stereocenters. The third-order valence-electron chi connectivity index (χ3n) is 3.89. The highest BCUT2D eigenvalue weighted by Crippen LogP contribution is 2.16. The summed E-state index contributed by atoms with van der Waals surface area (Å²) in [5.41, 5.74) is 3.53. The van der Waals surface area contributed by atoms with Crippen LogP contribution in [0.3, 0.4) is 0 Å². The number of nitrogens with zero attached hydrogens (tertiary/aromatic N) is 3. The molecular weight excluding hydrogens is 304 g/mol. The Kier molecular flexibility index (Phi) is 4.29. The minimum absolute atomic E-state index is 0.0127. The van der Waals surface area contributed by atoms with Gasteiger partial charge in [-0.2, -0.15) is 0 Å². The molecule has 6 heteroatoms. The van der Waals surface area contributed by atoms with E-state index in [9.17, 15) is 9.59 Å². The molecule has 3 aromatic rings. The van der Waals surface area contributed by atoms with Gasteiger partial charge in [-0.3, -0.25) is 9.59 Å². The van der Waals surface area contributed by atoms with Crippen LogP contribution in [-0.2, 0) is 11.3 Å². The number of nitrogens with one attached hydrogen (secondary N) is 1. The maximum Gasteiger partial charge on any atom is 0.250 e. The zero-order valence-corrected chi connectivity index (χ0v) is 13.6. The molecule has 0 aliphatic heterocycles. The van der Waals surface area contributed by atoms with E-state index >= 15 is 0 Å². The van der Waals surface area contributed by atoms with Crippen LogP contribution in [-0.4, -0.2) is 20.0 Å². The number of pyridine rings is 1. The van der Waals surface area contributed by atoms with Crippen LogP contribution in [0.2, 0.25) is 0 Å². The molecule has 2 heterocycles. The normalized spacial score (nSPS) is 10.6. The van der Waals surface area contributed by atoms with E-state index in [1.807, 2.05) is 42.7 Å². The van der Waals surface area contributed by atoms with Crippen molar-refractivity contribution in [3.05, 3.63) is 76.7 Å². The molecule has 0 bridgehead atoms. The number of carbonyl (C=O) groups excluding carboxylic acids is 1. The molecule has 122 valence electrons. The van der Waals surface area contributed by atoms with Gasteiger partial charge >= 0.3 is 0 Å². The van der Waals surface area contributed by atoms with Gasteiger partial charge in [0.2, 0.25) is 5.91 Å². The summed E-state index contributed by atoms with van der Waals surface area (Å²) in [5, 5.41) is 2.79. The molecule has 0 saturated carbocycles. The molecule has 1 aromatic carbocycles. The Morgan fingerprint density at radius 1 is 1.12 bits per heavy atom. The predicted octanol–water partition coefficient (Wildman–Crippen LogP) is 2.29. The number of amides is 1. The number of hydrogen-bond donors (Lipinski definition) is 1. The lowest BCUT2D eigenvalue weighted by molar-refractivity contribution is -0.116. The van der Waals surface area contributed by atoms with E-state index < -0.39 is 0 Å². The maximum atomic E-state index is 12.1. The first kappa shape index (κ1) is 15.7. The molecule has 1 N–H and O–H groups in total. The fraction of sp³-hybridized carbons (Fsp3) is 0.167.